The van der Waals surface area contributed by atoms with E-state index < -0.39 is 0 Å². The standard InChI is InChI=1S/C24H19N3O3/c1-30-20-13-9-16(10-14-20)21-15-25-23(27-24(29)18-5-3-2-4-6-18)22(26-21)17-7-11-19(28)12-8-17/h2-15,28H,1H3,(H,25,27,29). The van der Waals surface area contributed by atoms with Crippen molar-refractivity contribution >= 4 is 11.7 Å². The van der Waals surface area contributed by atoms with Gasteiger partial charge in [-0.1, -0.05) is 18.2 Å². The molecule has 6 heteroatoms. The van der Waals surface area contributed by atoms with Crippen molar-refractivity contribution in [3.8, 4) is 34.0 Å². The van der Waals surface area contributed by atoms with Crippen LogP contribution in [0.4, 0.5) is 5.82 Å². The van der Waals surface area contributed by atoms with Gasteiger partial charge in [-0.15, -0.1) is 0 Å². The highest BCUT2D eigenvalue weighted by molar-refractivity contribution is 6.05. The van der Waals surface area contributed by atoms with E-state index in [2.05, 4.69) is 10.3 Å². The summed E-state index contributed by atoms with van der Waals surface area (Å²) in [7, 11) is 1.61. The lowest BCUT2D eigenvalue weighted by molar-refractivity contribution is 0.102. The molecule has 2 N–H and O–H groups in total. The summed E-state index contributed by atoms with van der Waals surface area (Å²) in [6.07, 6.45) is 1.62. The Bertz CT molecular complexity index is 1160. The number of methoxy groups -OCH3 is 1. The van der Waals surface area contributed by atoms with Gasteiger partial charge in [0.05, 0.1) is 19.0 Å². The summed E-state index contributed by atoms with van der Waals surface area (Å²) in [6, 6.07) is 23.0. The average molecular weight is 397 g/mol. The van der Waals surface area contributed by atoms with Gasteiger partial charge in [-0.2, -0.15) is 0 Å². The molecule has 0 aliphatic carbocycles. The van der Waals surface area contributed by atoms with E-state index in [1.165, 1.54) is 0 Å². The fourth-order valence-electron chi connectivity index (χ4n) is 2.97. The number of rotatable bonds is 5. The third-order valence-electron chi connectivity index (χ3n) is 4.57. The van der Waals surface area contributed by atoms with Crippen molar-refractivity contribution in [3.05, 3.63) is 90.6 Å². The van der Waals surface area contributed by atoms with Crippen LogP contribution in [0.3, 0.4) is 0 Å². The monoisotopic (exact) mass is 397 g/mol. The third kappa shape index (κ3) is 4.12. The van der Waals surface area contributed by atoms with Gasteiger partial charge in [0.1, 0.15) is 17.2 Å². The van der Waals surface area contributed by atoms with Gasteiger partial charge in [0.15, 0.2) is 5.82 Å². The second kappa shape index (κ2) is 8.45. The lowest BCUT2D eigenvalue weighted by Crippen LogP contribution is -2.14. The Balaban J connectivity index is 1.75. The second-order valence-corrected chi connectivity index (χ2v) is 6.55. The van der Waals surface area contributed by atoms with E-state index in [1.54, 1.807) is 61.8 Å². The van der Waals surface area contributed by atoms with Crippen LogP contribution in [0.1, 0.15) is 10.4 Å². The van der Waals surface area contributed by atoms with Crippen LogP contribution in [-0.4, -0.2) is 28.1 Å². The quantitative estimate of drug-likeness (QED) is 0.506. The van der Waals surface area contributed by atoms with E-state index in [1.807, 2.05) is 30.3 Å². The van der Waals surface area contributed by atoms with E-state index in [0.29, 0.717) is 22.8 Å². The molecule has 0 bridgehead atoms. The summed E-state index contributed by atoms with van der Waals surface area (Å²) >= 11 is 0. The summed E-state index contributed by atoms with van der Waals surface area (Å²) in [4.78, 5) is 21.9. The predicted octanol–water partition coefficient (Wildman–Crippen LogP) is 4.78. The van der Waals surface area contributed by atoms with Gasteiger partial charge in [-0.25, -0.2) is 9.97 Å². The molecule has 4 rings (SSSR count). The number of phenolic OH excluding ortho intramolecular Hbond substituents is 1. The maximum atomic E-state index is 12.6. The van der Waals surface area contributed by atoms with Crippen LogP contribution in [0, 0.1) is 0 Å². The van der Waals surface area contributed by atoms with Gasteiger partial charge in [-0.05, 0) is 60.7 Å². The summed E-state index contributed by atoms with van der Waals surface area (Å²) in [5, 5.41) is 12.5. The molecule has 1 amide bonds. The molecule has 30 heavy (non-hydrogen) atoms. The number of hydrogen-bond donors (Lipinski definition) is 2. The van der Waals surface area contributed by atoms with Gasteiger partial charge < -0.3 is 15.2 Å². The van der Waals surface area contributed by atoms with Crippen molar-refractivity contribution in [1.29, 1.82) is 0 Å². The van der Waals surface area contributed by atoms with Crippen molar-refractivity contribution in [2.75, 3.05) is 12.4 Å². The molecule has 0 radical (unpaired) electrons. The first kappa shape index (κ1) is 19.1. The van der Waals surface area contributed by atoms with Crippen molar-refractivity contribution < 1.29 is 14.6 Å². The number of nitrogens with zero attached hydrogens (tertiary/aromatic N) is 2. The number of aromatic nitrogens is 2. The van der Waals surface area contributed by atoms with Crippen LogP contribution in [-0.2, 0) is 0 Å². The summed E-state index contributed by atoms with van der Waals surface area (Å²) < 4.78 is 5.21. The zero-order chi connectivity index (χ0) is 20.9. The second-order valence-electron chi connectivity index (χ2n) is 6.55. The van der Waals surface area contributed by atoms with Crippen LogP contribution in [0.25, 0.3) is 22.5 Å². The number of anilines is 1. The van der Waals surface area contributed by atoms with Crippen LogP contribution >= 0.6 is 0 Å². The Morgan fingerprint density at radius 3 is 2.23 bits per heavy atom. The topological polar surface area (TPSA) is 84.3 Å². The van der Waals surface area contributed by atoms with Crippen LogP contribution in [0.5, 0.6) is 11.5 Å². The molecular formula is C24H19N3O3. The van der Waals surface area contributed by atoms with E-state index in [-0.39, 0.29) is 11.7 Å². The molecule has 1 heterocycles. The zero-order valence-corrected chi connectivity index (χ0v) is 16.2. The molecule has 0 atom stereocenters. The lowest BCUT2D eigenvalue weighted by atomic mass is 10.1. The van der Waals surface area contributed by atoms with Crippen LogP contribution < -0.4 is 10.1 Å². The van der Waals surface area contributed by atoms with Gasteiger partial charge in [0.25, 0.3) is 5.91 Å². The zero-order valence-electron chi connectivity index (χ0n) is 16.2. The minimum absolute atomic E-state index is 0.146. The number of aromatic hydroxyl groups is 1. The van der Waals surface area contributed by atoms with Crippen LogP contribution in [0.15, 0.2) is 85.1 Å². The minimum atomic E-state index is -0.276. The van der Waals surface area contributed by atoms with Crippen molar-refractivity contribution in [3.63, 3.8) is 0 Å². The van der Waals surface area contributed by atoms with Gasteiger partial charge >= 0.3 is 0 Å². The molecule has 0 unspecified atom stereocenters. The average Bonchev–Trinajstić information content (AvgIpc) is 2.80. The first-order chi connectivity index (χ1) is 14.6. The first-order valence-corrected chi connectivity index (χ1v) is 9.31. The van der Waals surface area contributed by atoms with Gasteiger partial charge in [0.2, 0.25) is 0 Å². The molecular weight excluding hydrogens is 378 g/mol. The Morgan fingerprint density at radius 1 is 0.900 bits per heavy atom. The number of carbonyl (C=O) groups excluding carboxylic acids is 1. The molecule has 1 aromatic heterocycles. The van der Waals surface area contributed by atoms with E-state index in [4.69, 9.17) is 9.72 Å². The van der Waals surface area contributed by atoms with Crippen molar-refractivity contribution in [2.24, 2.45) is 0 Å². The smallest absolute Gasteiger partial charge is 0.256 e. The number of phenols is 1. The van der Waals surface area contributed by atoms with E-state index >= 15 is 0 Å². The van der Waals surface area contributed by atoms with Crippen molar-refractivity contribution in [1.82, 2.24) is 9.97 Å². The maximum Gasteiger partial charge on any atom is 0.256 e. The Hall–Kier alpha value is -4.19. The molecule has 0 saturated heterocycles. The number of nitrogens with one attached hydrogen (secondary N) is 1. The normalized spacial score (nSPS) is 10.4. The number of ether oxygens (including phenoxy) is 1. The summed E-state index contributed by atoms with van der Waals surface area (Å²) in [6.45, 7) is 0. The van der Waals surface area contributed by atoms with Gasteiger partial charge in [-0.3, -0.25) is 4.79 Å². The Labute approximate surface area is 173 Å². The fourth-order valence-corrected chi connectivity index (χ4v) is 2.97. The highest BCUT2D eigenvalue weighted by Crippen LogP contribution is 2.29. The van der Waals surface area contributed by atoms with Gasteiger partial charge in [0, 0.05) is 16.7 Å². The molecule has 4 aromatic rings. The first-order valence-electron chi connectivity index (χ1n) is 9.31. The molecule has 148 valence electrons. The van der Waals surface area contributed by atoms with Crippen LogP contribution in [0.2, 0.25) is 0 Å². The Kier molecular flexibility index (Phi) is 5.39. The number of hydrogen-bond acceptors (Lipinski definition) is 5. The Morgan fingerprint density at radius 2 is 1.57 bits per heavy atom. The molecule has 0 aliphatic heterocycles. The molecule has 0 aliphatic rings. The largest absolute Gasteiger partial charge is 0.508 e. The number of amides is 1. The maximum absolute atomic E-state index is 12.6. The predicted molar refractivity (Wildman–Crippen MR) is 116 cm³/mol. The summed E-state index contributed by atoms with van der Waals surface area (Å²) in [5.41, 5.74) is 3.27. The molecule has 0 fully saturated rings. The molecule has 3 aromatic carbocycles. The fraction of sp³-hybridized carbons (Fsp3) is 0.0417. The number of benzene rings is 3. The molecule has 6 nitrogen and oxygen atoms in total. The highest BCUT2D eigenvalue weighted by atomic mass is 16.5. The third-order valence-corrected chi connectivity index (χ3v) is 4.57. The molecule has 0 saturated carbocycles. The highest BCUT2D eigenvalue weighted by Gasteiger charge is 2.15. The molecule has 0 spiro atoms. The lowest BCUT2D eigenvalue weighted by Gasteiger charge is -2.12. The SMILES string of the molecule is COc1ccc(-c2cnc(NC(=O)c3ccccc3)c(-c3ccc(O)cc3)n2)cc1. The number of carbonyl (C=O) groups is 1. The van der Waals surface area contributed by atoms with Crippen molar-refractivity contribution in [2.45, 2.75) is 0 Å². The minimum Gasteiger partial charge on any atom is -0.508 e. The van der Waals surface area contributed by atoms with E-state index in [0.717, 1.165) is 16.9 Å². The van der Waals surface area contributed by atoms with E-state index in [9.17, 15) is 9.90 Å². The summed E-state index contributed by atoms with van der Waals surface area (Å²) in [5.74, 6) is 0.957.